The Labute approximate surface area is 104 Å². The van der Waals surface area contributed by atoms with Gasteiger partial charge in [0, 0.05) is 36.1 Å². The molecule has 0 aliphatic carbocycles. The minimum absolute atomic E-state index is 0.662. The van der Waals surface area contributed by atoms with E-state index in [1.54, 1.807) is 7.11 Å². The Morgan fingerprint density at radius 3 is 2.80 bits per heavy atom. The highest BCUT2D eigenvalue weighted by molar-refractivity contribution is 9.08. The molecule has 84 valence electrons. The van der Waals surface area contributed by atoms with E-state index in [0.717, 1.165) is 34.7 Å². The van der Waals surface area contributed by atoms with Gasteiger partial charge in [0.05, 0.1) is 6.61 Å². The van der Waals surface area contributed by atoms with Crippen molar-refractivity contribution in [2.24, 2.45) is 0 Å². The summed E-state index contributed by atoms with van der Waals surface area (Å²) in [5.41, 5.74) is 1.07. The Morgan fingerprint density at radius 2 is 2.13 bits per heavy atom. The zero-order valence-electron chi connectivity index (χ0n) is 8.63. The first-order valence-corrected chi connectivity index (χ1v) is 6.24. The van der Waals surface area contributed by atoms with Crippen LogP contribution in [0.15, 0.2) is 18.2 Å². The fourth-order valence-corrected chi connectivity index (χ4v) is 1.81. The second kappa shape index (κ2) is 7.09. The van der Waals surface area contributed by atoms with Gasteiger partial charge in [0.1, 0.15) is 5.75 Å². The van der Waals surface area contributed by atoms with Crippen LogP contribution in [0, 0.1) is 0 Å². The van der Waals surface area contributed by atoms with Crippen LogP contribution >= 0.6 is 27.5 Å². The number of hydrogen-bond donors (Lipinski definition) is 0. The zero-order valence-corrected chi connectivity index (χ0v) is 11.0. The Morgan fingerprint density at radius 1 is 1.33 bits per heavy atom. The fraction of sp³-hybridized carbons (Fsp3) is 0.455. The minimum atomic E-state index is 0.662. The first-order chi connectivity index (χ1) is 7.27. The molecule has 1 aromatic carbocycles. The summed E-state index contributed by atoms with van der Waals surface area (Å²) in [5, 5.41) is 1.47. The van der Waals surface area contributed by atoms with Gasteiger partial charge in [0.2, 0.25) is 0 Å². The maximum atomic E-state index is 5.88. The zero-order chi connectivity index (χ0) is 11.1. The molecule has 1 rings (SSSR count). The van der Waals surface area contributed by atoms with Crippen LogP contribution in [0.3, 0.4) is 0 Å². The van der Waals surface area contributed by atoms with Crippen LogP contribution in [0.1, 0.15) is 12.0 Å². The number of alkyl halides is 1. The summed E-state index contributed by atoms with van der Waals surface area (Å²) in [6, 6.07) is 5.63. The average Bonchev–Trinajstić information content (AvgIpc) is 2.26. The van der Waals surface area contributed by atoms with Crippen LogP contribution in [-0.4, -0.2) is 20.3 Å². The smallest absolute Gasteiger partial charge is 0.123 e. The highest BCUT2D eigenvalue weighted by Crippen LogP contribution is 2.24. The molecule has 2 nitrogen and oxygen atoms in total. The van der Waals surface area contributed by atoms with Crippen LogP contribution in [0.4, 0.5) is 0 Å². The van der Waals surface area contributed by atoms with E-state index in [1.165, 1.54) is 0 Å². The monoisotopic (exact) mass is 292 g/mol. The lowest BCUT2D eigenvalue weighted by Gasteiger charge is -2.09. The van der Waals surface area contributed by atoms with Crippen molar-refractivity contribution in [3.8, 4) is 5.75 Å². The van der Waals surface area contributed by atoms with Gasteiger partial charge in [-0.2, -0.15) is 0 Å². The van der Waals surface area contributed by atoms with Crippen LogP contribution < -0.4 is 4.74 Å². The lowest BCUT2D eigenvalue weighted by molar-refractivity contribution is 0.172. The van der Waals surface area contributed by atoms with Gasteiger partial charge in [0.15, 0.2) is 0 Å². The van der Waals surface area contributed by atoms with Crippen molar-refractivity contribution >= 4 is 27.5 Å². The van der Waals surface area contributed by atoms with Crippen LogP contribution in [-0.2, 0) is 10.1 Å². The molecule has 0 amide bonds. The van der Waals surface area contributed by atoms with Crippen molar-refractivity contribution in [1.29, 1.82) is 0 Å². The number of methoxy groups -OCH3 is 1. The van der Waals surface area contributed by atoms with Crippen LogP contribution in [0.2, 0.25) is 5.02 Å². The van der Waals surface area contributed by atoms with E-state index < -0.39 is 0 Å². The summed E-state index contributed by atoms with van der Waals surface area (Å²) in [6.07, 6.45) is 0.890. The lowest BCUT2D eigenvalue weighted by atomic mass is 10.2. The molecule has 0 aromatic heterocycles. The number of rotatable bonds is 6. The summed E-state index contributed by atoms with van der Waals surface area (Å²) < 4.78 is 10.6. The summed E-state index contributed by atoms with van der Waals surface area (Å²) in [6.45, 7) is 1.38. The molecule has 0 N–H and O–H groups in total. The lowest BCUT2D eigenvalue weighted by Crippen LogP contribution is -2.02. The molecule has 0 aliphatic heterocycles. The standard InChI is InChI=1S/C11H14BrClO2/c1-14-5-2-6-15-11-4-3-10(13)7-9(11)8-12/h3-4,7H,2,5-6,8H2,1H3. The van der Waals surface area contributed by atoms with Crippen LogP contribution in [0.5, 0.6) is 5.75 Å². The third-order valence-corrected chi connectivity index (χ3v) is 2.76. The van der Waals surface area contributed by atoms with Gasteiger partial charge in [-0.05, 0) is 18.2 Å². The highest BCUT2D eigenvalue weighted by Gasteiger charge is 2.03. The van der Waals surface area contributed by atoms with E-state index in [4.69, 9.17) is 21.1 Å². The Balaban J connectivity index is 2.52. The van der Waals surface area contributed by atoms with Crippen molar-refractivity contribution in [3.63, 3.8) is 0 Å². The maximum absolute atomic E-state index is 5.88. The van der Waals surface area contributed by atoms with Gasteiger partial charge in [0.25, 0.3) is 0 Å². The highest BCUT2D eigenvalue weighted by atomic mass is 79.9. The SMILES string of the molecule is COCCCOc1ccc(Cl)cc1CBr. The molecule has 0 radical (unpaired) electrons. The summed E-state index contributed by atoms with van der Waals surface area (Å²) in [5.74, 6) is 0.882. The topological polar surface area (TPSA) is 18.5 Å². The summed E-state index contributed by atoms with van der Waals surface area (Å²) in [7, 11) is 1.69. The normalized spacial score (nSPS) is 10.3. The molecule has 0 aliphatic rings. The third-order valence-electron chi connectivity index (χ3n) is 1.92. The first kappa shape index (κ1) is 12.8. The molecule has 15 heavy (non-hydrogen) atoms. The van der Waals surface area contributed by atoms with Crippen molar-refractivity contribution < 1.29 is 9.47 Å². The first-order valence-electron chi connectivity index (χ1n) is 4.74. The Kier molecular flexibility index (Phi) is 6.06. The largest absolute Gasteiger partial charge is 0.493 e. The maximum Gasteiger partial charge on any atom is 0.123 e. The molecule has 0 fully saturated rings. The van der Waals surface area contributed by atoms with E-state index in [2.05, 4.69) is 15.9 Å². The number of halogens is 2. The van der Waals surface area contributed by atoms with E-state index >= 15 is 0 Å². The Bertz CT molecular complexity index is 305. The number of benzene rings is 1. The van der Waals surface area contributed by atoms with Crippen molar-refractivity contribution in [1.82, 2.24) is 0 Å². The molecule has 0 atom stereocenters. The van der Waals surface area contributed by atoms with Gasteiger partial charge < -0.3 is 9.47 Å². The summed E-state index contributed by atoms with van der Waals surface area (Å²) in [4.78, 5) is 0. The van der Waals surface area contributed by atoms with Gasteiger partial charge in [-0.15, -0.1) is 0 Å². The molecule has 0 spiro atoms. The predicted molar refractivity (Wildman–Crippen MR) is 66.1 cm³/mol. The molecule has 0 saturated carbocycles. The quantitative estimate of drug-likeness (QED) is 0.589. The molecule has 0 unspecified atom stereocenters. The number of ether oxygens (including phenoxy) is 2. The second-order valence-electron chi connectivity index (χ2n) is 3.08. The van der Waals surface area contributed by atoms with E-state index in [9.17, 15) is 0 Å². The molecule has 1 aromatic rings. The van der Waals surface area contributed by atoms with Crippen molar-refractivity contribution in [3.05, 3.63) is 28.8 Å². The summed E-state index contributed by atoms with van der Waals surface area (Å²) >= 11 is 9.28. The van der Waals surface area contributed by atoms with E-state index in [-0.39, 0.29) is 0 Å². The average molecular weight is 294 g/mol. The second-order valence-corrected chi connectivity index (χ2v) is 4.08. The predicted octanol–water partition coefficient (Wildman–Crippen LogP) is 3.65. The van der Waals surface area contributed by atoms with Crippen LogP contribution in [0.25, 0.3) is 0 Å². The van der Waals surface area contributed by atoms with Crippen molar-refractivity contribution in [2.45, 2.75) is 11.8 Å². The number of hydrogen-bond acceptors (Lipinski definition) is 2. The fourth-order valence-electron chi connectivity index (χ4n) is 1.18. The van der Waals surface area contributed by atoms with Gasteiger partial charge in [-0.25, -0.2) is 0 Å². The molecule has 0 bridgehead atoms. The molecular weight excluding hydrogens is 279 g/mol. The van der Waals surface area contributed by atoms with Gasteiger partial charge in [-0.1, -0.05) is 27.5 Å². The van der Waals surface area contributed by atoms with E-state index in [0.29, 0.717) is 6.61 Å². The van der Waals surface area contributed by atoms with E-state index in [1.807, 2.05) is 18.2 Å². The molecule has 4 heteroatoms. The third kappa shape index (κ3) is 4.41. The van der Waals surface area contributed by atoms with Gasteiger partial charge >= 0.3 is 0 Å². The molecule has 0 saturated heterocycles. The molecule has 0 heterocycles. The Hall–Kier alpha value is -0.250. The van der Waals surface area contributed by atoms with Crippen molar-refractivity contribution in [2.75, 3.05) is 20.3 Å². The molecular formula is C11H14BrClO2. The minimum Gasteiger partial charge on any atom is -0.493 e. The van der Waals surface area contributed by atoms with Gasteiger partial charge in [-0.3, -0.25) is 0 Å².